The van der Waals surface area contributed by atoms with Crippen LogP contribution in [0.25, 0.3) is 10.9 Å². The maximum atomic E-state index is 12.5. The van der Waals surface area contributed by atoms with Gasteiger partial charge in [-0.25, -0.2) is 4.98 Å². The predicted octanol–water partition coefficient (Wildman–Crippen LogP) is 3.95. The number of ether oxygens (including phenoxy) is 1. The Bertz CT molecular complexity index is 1020. The first-order valence-corrected chi connectivity index (χ1v) is 8.02. The zero-order valence-electron chi connectivity index (χ0n) is 13.0. The van der Waals surface area contributed by atoms with Crippen molar-refractivity contribution in [3.63, 3.8) is 0 Å². The minimum Gasteiger partial charge on any atom is -0.434 e. The fourth-order valence-electron chi connectivity index (χ4n) is 2.31. The molecule has 0 saturated heterocycles. The molecule has 8 heteroatoms. The highest BCUT2D eigenvalue weighted by Crippen LogP contribution is 2.23. The van der Waals surface area contributed by atoms with E-state index in [0.717, 1.165) is 4.68 Å². The van der Waals surface area contributed by atoms with Crippen LogP contribution in [0.15, 0.2) is 56.8 Å². The highest BCUT2D eigenvalue weighted by molar-refractivity contribution is 9.10. The summed E-state index contributed by atoms with van der Waals surface area (Å²) >= 11 is 3.26. The van der Waals surface area contributed by atoms with Crippen LogP contribution in [0.3, 0.4) is 0 Å². The Balaban J connectivity index is 2.07. The minimum atomic E-state index is -2.96. The van der Waals surface area contributed by atoms with Gasteiger partial charge in [-0.2, -0.15) is 18.6 Å². The quantitative estimate of drug-likeness (QED) is 0.615. The number of halogens is 3. The summed E-state index contributed by atoms with van der Waals surface area (Å²) in [5.74, 6) is 0.340. The third kappa shape index (κ3) is 3.74. The number of para-hydroxylation sites is 1. The maximum Gasteiger partial charge on any atom is 0.387 e. The van der Waals surface area contributed by atoms with Crippen LogP contribution in [-0.4, -0.2) is 22.5 Å². The maximum absolute atomic E-state index is 12.5. The zero-order valence-corrected chi connectivity index (χ0v) is 14.6. The second-order valence-electron chi connectivity index (χ2n) is 5.10. The van der Waals surface area contributed by atoms with E-state index in [-0.39, 0.29) is 11.3 Å². The molecule has 1 aromatic heterocycles. The lowest BCUT2D eigenvalue weighted by atomic mass is 10.2. The molecule has 0 fully saturated rings. The van der Waals surface area contributed by atoms with E-state index in [1.807, 2.05) is 0 Å². The number of fused-ring (bicyclic) bond motifs is 1. The Kier molecular flexibility index (Phi) is 4.89. The summed E-state index contributed by atoms with van der Waals surface area (Å²) in [5.41, 5.74) is 0.528. The average Bonchev–Trinajstić information content (AvgIpc) is 2.56. The van der Waals surface area contributed by atoms with Crippen LogP contribution in [0.1, 0.15) is 11.4 Å². The molecule has 0 amide bonds. The molecule has 0 aliphatic heterocycles. The van der Waals surface area contributed by atoms with Crippen LogP contribution in [0.2, 0.25) is 0 Å². The van der Waals surface area contributed by atoms with Crippen LogP contribution in [-0.2, 0) is 0 Å². The van der Waals surface area contributed by atoms with E-state index >= 15 is 0 Å². The van der Waals surface area contributed by atoms with Crippen LogP contribution < -0.4 is 10.3 Å². The zero-order chi connectivity index (χ0) is 18.0. The molecule has 3 rings (SSSR count). The van der Waals surface area contributed by atoms with Crippen molar-refractivity contribution in [2.45, 2.75) is 13.5 Å². The standard InChI is InChI=1S/C17H12BrF2N3O2/c1-10-22-14-5-3-2-4-13(14)16(24)23(10)21-9-11-8-12(18)6-7-15(11)25-17(19)20/h2-9,17H,1H3/b21-9-. The number of benzene rings is 2. The summed E-state index contributed by atoms with van der Waals surface area (Å²) in [4.78, 5) is 16.9. The molecule has 0 unspecified atom stereocenters. The van der Waals surface area contributed by atoms with Gasteiger partial charge in [0.25, 0.3) is 5.56 Å². The fourth-order valence-corrected chi connectivity index (χ4v) is 2.69. The van der Waals surface area contributed by atoms with Gasteiger partial charge >= 0.3 is 6.61 Å². The predicted molar refractivity (Wildman–Crippen MR) is 94.5 cm³/mol. The Morgan fingerprint density at radius 1 is 1.28 bits per heavy atom. The van der Waals surface area contributed by atoms with Crippen LogP contribution in [0.5, 0.6) is 5.75 Å². The lowest BCUT2D eigenvalue weighted by Crippen LogP contribution is -2.20. The smallest absolute Gasteiger partial charge is 0.387 e. The fraction of sp³-hybridized carbons (Fsp3) is 0.118. The first-order valence-electron chi connectivity index (χ1n) is 7.23. The number of rotatable bonds is 4. The van der Waals surface area contributed by atoms with Crippen molar-refractivity contribution < 1.29 is 13.5 Å². The highest BCUT2D eigenvalue weighted by atomic mass is 79.9. The summed E-state index contributed by atoms with van der Waals surface area (Å²) in [5, 5.41) is 4.53. The molecule has 5 nitrogen and oxygen atoms in total. The van der Waals surface area contributed by atoms with Crippen LogP contribution >= 0.6 is 15.9 Å². The van der Waals surface area contributed by atoms with Gasteiger partial charge < -0.3 is 4.74 Å². The van der Waals surface area contributed by atoms with Crippen molar-refractivity contribution in [1.29, 1.82) is 0 Å². The van der Waals surface area contributed by atoms with Crippen molar-refractivity contribution in [3.05, 3.63) is 68.7 Å². The van der Waals surface area contributed by atoms with Gasteiger partial charge in [0.1, 0.15) is 11.6 Å². The van der Waals surface area contributed by atoms with Gasteiger partial charge in [0.2, 0.25) is 0 Å². The molecule has 0 N–H and O–H groups in total. The summed E-state index contributed by atoms with van der Waals surface area (Å²) in [7, 11) is 0. The SMILES string of the molecule is Cc1nc2ccccc2c(=O)n1/N=C\c1cc(Br)ccc1OC(F)F. The van der Waals surface area contributed by atoms with E-state index < -0.39 is 6.61 Å². The van der Waals surface area contributed by atoms with E-state index in [9.17, 15) is 13.6 Å². The number of aromatic nitrogens is 2. The minimum absolute atomic E-state index is 0.0404. The van der Waals surface area contributed by atoms with Crippen molar-refractivity contribution in [3.8, 4) is 5.75 Å². The molecule has 0 aliphatic rings. The van der Waals surface area contributed by atoms with Gasteiger partial charge in [-0.3, -0.25) is 4.79 Å². The number of hydrogen-bond acceptors (Lipinski definition) is 4. The normalized spacial score (nSPS) is 11.6. The average molecular weight is 408 g/mol. The Hall–Kier alpha value is -2.61. The molecule has 0 bridgehead atoms. The first-order chi connectivity index (χ1) is 12.0. The summed E-state index contributed by atoms with van der Waals surface area (Å²) in [6.45, 7) is -1.32. The lowest BCUT2D eigenvalue weighted by molar-refractivity contribution is -0.0499. The van der Waals surface area contributed by atoms with Crippen LogP contribution in [0, 0.1) is 6.92 Å². The molecule has 0 saturated carbocycles. The van der Waals surface area contributed by atoms with Crippen molar-refractivity contribution in [2.24, 2.45) is 5.10 Å². The second-order valence-corrected chi connectivity index (χ2v) is 6.01. The molecule has 0 spiro atoms. The number of nitrogens with zero attached hydrogens (tertiary/aromatic N) is 3. The number of alkyl halides is 2. The van der Waals surface area contributed by atoms with E-state index in [1.54, 1.807) is 43.3 Å². The molecule has 0 radical (unpaired) electrons. The van der Waals surface area contributed by atoms with Gasteiger partial charge in [0, 0.05) is 10.0 Å². The second kappa shape index (κ2) is 7.10. The number of aryl methyl sites for hydroxylation is 1. The Morgan fingerprint density at radius 2 is 2.04 bits per heavy atom. The summed E-state index contributed by atoms with van der Waals surface area (Å²) in [6, 6.07) is 11.4. The highest BCUT2D eigenvalue weighted by Gasteiger charge is 2.10. The molecule has 2 aromatic carbocycles. The van der Waals surface area contributed by atoms with E-state index in [4.69, 9.17) is 0 Å². The van der Waals surface area contributed by atoms with E-state index in [2.05, 4.69) is 30.8 Å². The van der Waals surface area contributed by atoms with Gasteiger partial charge in [-0.1, -0.05) is 28.1 Å². The van der Waals surface area contributed by atoms with Gasteiger partial charge in [0.05, 0.1) is 17.1 Å². The van der Waals surface area contributed by atoms with E-state index in [1.165, 1.54) is 12.3 Å². The van der Waals surface area contributed by atoms with Crippen molar-refractivity contribution >= 4 is 33.0 Å². The van der Waals surface area contributed by atoms with Gasteiger partial charge in [-0.15, -0.1) is 0 Å². The molecular weight excluding hydrogens is 396 g/mol. The lowest BCUT2D eigenvalue weighted by Gasteiger charge is -2.09. The molecule has 1 heterocycles. The van der Waals surface area contributed by atoms with E-state index in [0.29, 0.717) is 26.8 Å². The summed E-state index contributed by atoms with van der Waals surface area (Å²) in [6.07, 6.45) is 1.29. The molecule has 0 atom stereocenters. The number of hydrogen-bond donors (Lipinski definition) is 0. The molecule has 0 aliphatic carbocycles. The van der Waals surface area contributed by atoms with Crippen molar-refractivity contribution in [2.75, 3.05) is 0 Å². The topological polar surface area (TPSA) is 56.5 Å². The molecule has 25 heavy (non-hydrogen) atoms. The first kappa shape index (κ1) is 17.2. The van der Waals surface area contributed by atoms with Crippen molar-refractivity contribution in [1.82, 2.24) is 9.66 Å². The third-order valence-electron chi connectivity index (χ3n) is 3.42. The van der Waals surface area contributed by atoms with Crippen LogP contribution in [0.4, 0.5) is 8.78 Å². The Labute approximate surface area is 149 Å². The molecule has 3 aromatic rings. The monoisotopic (exact) mass is 407 g/mol. The van der Waals surface area contributed by atoms with Gasteiger partial charge in [-0.05, 0) is 37.3 Å². The Morgan fingerprint density at radius 3 is 2.80 bits per heavy atom. The summed E-state index contributed by atoms with van der Waals surface area (Å²) < 4.78 is 31.3. The third-order valence-corrected chi connectivity index (χ3v) is 3.91. The van der Waals surface area contributed by atoms with Gasteiger partial charge in [0.15, 0.2) is 0 Å². The molecule has 128 valence electrons. The largest absolute Gasteiger partial charge is 0.434 e. The molecular formula is C17H12BrF2N3O2.